The van der Waals surface area contributed by atoms with Gasteiger partial charge in [-0.25, -0.2) is 0 Å². The average Bonchev–Trinajstić information content (AvgIpc) is 2.41. The predicted molar refractivity (Wildman–Crippen MR) is 85.8 cm³/mol. The molecule has 0 amide bonds. The molecule has 106 valence electrons. The average molecular weight is 394 g/mol. The minimum absolute atomic E-state index is 0.0695. The summed E-state index contributed by atoms with van der Waals surface area (Å²) in [5, 5.41) is 10.8. The number of nitrogens with two attached hydrogens (primary N) is 1. The summed E-state index contributed by atoms with van der Waals surface area (Å²) in [5.41, 5.74) is 6.83. The van der Waals surface area contributed by atoms with Gasteiger partial charge in [-0.3, -0.25) is 4.90 Å². The van der Waals surface area contributed by atoms with Gasteiger partial charge in [0.05, 0.1) is 5.69 Å². The standard InChI is InChI=1S/C14H20Br2N2O/c1-18(14(19)5-3-2-4-6-14)9-10-7-11(15)8-12(16)13(10)17/h7-8,19H,2-6,9,17H2,1H3/i1+1D. The highest BCUT2D eigenvalue weighted by Crippen LogP contribution is 2.34. The van der Waals surface area contributed by atoms with E-state index < -0.39 is 5.72 Å². The molecule has 2 rings (SSSR count). The Balaban J connectivity index is 2.22. The van der Waals surface area contributed by atoms with Crippen molar-refractivity contribution in [2.75, 3.05) is 12.8 Å². The van der Waals surface area contributed by atoms with Crippen LogP contribution in [0.5, 0.6) is 0 Å². The molecule has 1 aliphatic rings. The number of nitrogen functional groups attached to an aromatic ring is 1. The third-order valence-electron chi connectivity index (χ3n) is 3.78. The van der Waals surface area contributed by atoms with Crippen LogP contribution in [0.25, 0.3) is 0 Å². The van der Waals surface area contributed by atoms with E-state index in [1.165, 1.54) is 6.42 Å². The number of hydrogen-bond acceptors (Lipinski definition) is 3. The number of nitrogens with zero attached hydrogens (tertiary/aromatic N) is 1. The van der Waals surface area contributed by atoms with E-state index in [2.05, 4.69) is 31.9 Å². The molecule has 5 heteroatoms. The fraction of sp³-hybridized carbons (Fsp3) is 0.571. The predicted octanol–water partition coefficient (Wildman–Crippen LogP) is 3.88. The van der Waals surface area contributed by atoms with Gasteiger partial charge in [-0.15, -0.1) is 0 Å². The second-order valence-electron chi connectivity index (χ2n) is 5.20. The van der Waals surface area contributed by atoms with Gasteiger partial charge in [0.2, 0.25) is 0 Å². The summed E-state index contributed by atoms with van der Waals surface area (Å²) in [6.45, 7) is 0.490. The third kappa shape index (κ3) is 3.51. The molecule has 0 heterocycles. The van der Waals surface area contributed by atoms with Crippen molar-refractivity contribution < 1.29 is 6.48 Å². The number of rotatable bonds is 3. The monoisotopic (exact) mass is 392 g/mol. The van der Waals surface area contributed by atoms with E-state index in [-0.39, 0.29) is 7.02 Å². The van der Waals surface area contributed by atoms with Gasteiger partial charge in [0.1, 0.15) is 5.72 Å². The largest absolute Gasteiger partial charge is 0.398 e. The van der Waals surface area contributed by atoms with Crippen molar-refractivity contribution in [1.82, 2.24) is 4.90 Å². The highest BCUT2D eigenvalue weighted by Gasteiger charge is 2.33. The van der Waals surface area contributed by atoms with Crippen LogP contribution >= 0.6 is 31.9 Å². The Morgan fingerprint density at radius 2 is 2.05 bits per heavy atom. The molecular weight excluding hydrogens is 373 g/mol. The smallest absolute Gasteiger partial charge is 0.118 e. The summed E-state index contributed by atoms with van der Waals surface area (Å²) in [6, 6.07) is 3.86. The van der Waals surface area contributed by atoms with E-state index in [1.807, 2.05) is 17.0 Å². The van der Waals surface area contributed by atoms with E-state index in [1.54, 1.807) is 0 Å². The van der Waals surface area contributed by atoms with Crippen LogP contribution in [0.3, 0.4) is 0 Å². The fourth-order valence-corrected chi connectivity index (χ4v) is 3.87. The lowest BCUT2D eigenvalue weighted by Crippen LogP contribution is -2.47. The van der Waals surface area contributed by atoms with Crippen molar-refractivity contribution in [2.45, 2.75) is 44.4 Å². The van der Waals surface area contributed by atoms with Gasteiger partial charge in [0.25, 0.3) is 0 Å². The first-order valence-electron chi connectivity index (χ1n) is 7.17. The van der Waals surface area contributed by atoms with Gasteiger partial charge < -0.3 is 10.8 Å². The van der Waals surface area contributed by atoms with E-state index in [0.29, 0.717) is 12.2 Å². The van der Waals surface area contributed by atoms with Crippen LogP contribution in [0.1, 0.15) is 39.0 Å². The summed E-state index contributed by atoms with van der Waals surface area (Å²) in [4.78, 5) is 1.82. The molecule has 0 atom stereocenters. The SMILES string of the molecule is [2H][13CH2]N(Cc1cc(Br)cc(Br)c1N)C1(O)CCCCC1. The van der Waals surface area contributed by atoms with E-state index in [0.717, 1.165) is 40.2 Å². The van der Waals surface area contributed by atoms with Crippen molar-refractivity contribution in [1.29, 1.82) is 0 Å². The van der Waals surface area contributed by atoms with Gasteiger partial charge >= 0.3 is 0 Å². The fourth-order valence-electron chi connectivity index (χ4n) is 2.56. The highest BCUT2D eigenvalue weighted by molar-refractivity contribution is 9.11. The van der Waals surface area contributed by atoms with Crippen molar-refractivity contribution >= 4 is 37.5 Å². The highest BCUT2D eigenvalue weighted by atomic mass is 79.9. The molecule has 1 aliphatic carbocycles. The number of hydrogen-bond donors (Lipinski definition) is 2. The Bertz CT molecular complexity index is 478. The Hall–Kier alpha value is -0.100. The maximum Gasteiger partial charge on any atom is 0.118 e. The Morgan fingerprint density at radius 3 is 2.68 bits per heavy atom. The molecule has 0 bridgehead atoms. The van der Waals surface area contributed by atoms with Gasteiger partial charge in [-0.05, 0) is 66.3 Å². The van der Waals surface area contributed by atoms with Crippen LogP contribution in [-0.2, 0) is 6.54 Å². The van der Waals surface area contributed by atoms with Crippen molar-refractivity contribution in [3.8, 4) is 0 Å². The normalized spacial score (nSPS) is 19.5. The molecule has 1 aromatic carbocycles. The van der Waals surface area contributed by atoms with Gasteiger partial charge in [0.15, 0.2) is 0 Å². The molecule has 19 heavy (non-hydrogen) atoms. The Kier molecular flexibility index (Phi) is 4.47. The van der Waals surface area contributed by atoms with Crippen molar-refractivity contribution in [2.24, 2.45) is 0 Å². The summed E-state index contributed by atoms with van der Waals surface area (Å²) in [5.74, 6) is 0. The minimum atomic E-state index is -0.860. The van der Waals surface area contributed by atoms with Crippen molar-refractivity contribution in [3.63, 3.8) is 0 Å². The molecule has 0 radical (unpaired) electrons. The quantitative estimate of drug-likeness (QED) is 0.465. The molecule has 1 fully saturated rings. The second kappa shape index (κ2) is 6.12. The first kappa shape index (κ1) is 13.9. The molecule has 0 spiro atoms. The minimum Gasteiger partial charge on any atom is -0.398 e. The molecule has 0 saturated heterocycles. The van der Waals surface area contributed by atoms with Gasteiger partial charge in [0, 0.05) is 16.9 Å². The number of anilines is 1. The second-order valence-corrected chi connectivity index (χ2v) is 6.97. The molecule has 1 aromatic rings. The van der Waals surface area contributed by atoms with E-state index in [4.69, 9.17) is 7.10 Å². The van der Waals surface area contributed by atoms with E-state index >= 15 is 0 Å². The topological polar surface area (TPSA) is 49.5 Å². The van der Waals surface area contributed by atoms with Crippen LogP contribution in [-0.4, -0.2) is 22.8 Å². The summed E-state index contributed by atoms with van der Waals surface area (Å²) >= 11 is 6.89. The first-order valence-corrected chi connectivity index (χ1v) is 8.05. The molecular formula is C14H20Br2N2O. The number of benzene rings is 1. The van der Waals surface area contributed by atoms with Gasteiger partial charge in [-0.2, -0.15) is 0 Å². The van der Waals surface area contributed by atoms with Crippen LogP contribution in [0.2, 0.25) is 0 Å². The van der Waals surface area contributed by atoms with Crippen LogP contribution in [0.4, 0.5) is 5.69 Å². The number of halogens is 2. The maximum atomic E-state index is 10.8. The van der Waals surface area contributed by atoms with Gasteiger partial charge in [-0.1, -0.05) is 22.4 Å². The maximum absolute atomic E-state index is 10.8. The van der Waals surface area contributed by atoms with Crippen LogP contribution in [0, 0.1) is 0 Å². The van der Waals surface area contributed by atoms with Crippen LogP contribution < -0.4 is 5.73 Å². The zero-order valence-corrected chi connectivity index (χ0v) is 14.0. The summed E-state index contributed by atoms with van der Waals surface area (Å²) in [6.07, 6.45) is 4.68. The summed E-state index contributed by atoms with van der Waals surface area (Å²) in [7, 11) is 0.0695. The zero-order chi connectivity index (χ0) is 14.8. The van der Waals surface area contributed by atoms with Crippen LogP contribution in [0.15, 0.2) is 21.1 Å². The molecule has 0 aromatic heterocycles. The Labute approximate surface area is 132 Å². The lowest BCUT2D eigenvalue weighted by Gasteiger charge is -2.40. The lowest BCUT2D eigenvalue weighted by atomic mass is 9.91. The third-order valence-corrected chi connectivity index (χ3v) is 4.90. The lowest BCUT2D eigenvalue weighted by molar-refractivity contribution is -0.124. The molecule has 3 nitrogen and oxygen atoms in total. The summed E-state index contributed by atoms with van der Waals surface area (Å²) < 4.78 is 9.52. The molecule has 0 unspecified atom stereocenters. The van der Waals surface area contributed by atoms with E-state index in [9.17, 15) is 5.11 Å². The molecule has 0 aliphatic heterocycles. The Morgan fingerprint density at radius 1 is 1.37 bits per heavy atom. The van der Waals surface area contributed by atoms with Crippen molar-refractivity contribution in [3.05, 3.63) is 26.6 Å². The molecule has 3 N–H and O–H groups in total. The molecule has 1 saturated carbocycles. The first-order chi connectivity index (χ1) is 9.46. The zero-order valence-electron chi connectivity index (χ0n) is 11.8. The number of aliphatic hydroxyl groups is 1.